The zero-order valence-electron chi connectivity index (χ0n) is 29.6. The summed E-state index contributed by atoms with van der Waals surface area (Å²) in [5.74, 6) is 2.46. The van der Waals surface area contributed by atoms with Crippen molar-refractivity contribution in [3.8, 4) is 34.1 Å². The molecule has 7 aromatic rings. The molecule has 0 aliphatic heterocycles. The molecule has 0 saturated carbocycles. The van der Waals surface area contributed by atoms with Gasteiger partial charge in [0.05, 0.1) is 22.4 Å². The topological polar surface area (TPSA) is 44.9 Å². The van der Waals surface area contributed by atoms with Gasteiger partial charge in [-0.25, -0.2) is 9.67 Å². The van der Waals surface area contributed by atoms with Gasteiger partial charge in [-0.3, -0.25) is 4.57 Å². The molecule has 0 spiro atoms. The summed E-state index contributed by atoms with van der Waals surface area (Å²) >= 11 is 0. The highest BCUT2D eigenvalue weighted by Gasteiger charge is 2.22. The number of fused-ring (bicyclic) bond motifs is 3. The maximum atomic E-state index is 6.75. The molecular formula is C43H44N4O. The van der Waals surface area contributed by atoms with E-state index in [4.69, 9.17) is 14.8 Å². The van der Waals surface area contributed by atoms with Crippen molar-refractivity contribution in [1.29, 1.82) is 0 Å². The average Bonchev–Trinajstić information content (AvgIpc) is 3.53. The number of hydrogen-bond acceptors (Lipinski definition) is 3. The van der Waals surface area contributed by atoms with Gasteiger partial charge in [0.1, 0.15) is 17.3 Å². The first-order valence-corrected chi connectivity index (χ1v) is 16.9. The summed E-state index contributed by atoms with van der Waals surface area (Å²) in [6.45, 7) is 19.7. The summed E-state index contributed by atoms with van der Waals surface area (Å²) in [6, 6.07) is 30.2. The Morgan fingerprint density at radius 2 is 1.44 bits per heavy atom. The molecule has 0 amide bonds. The summed E-state index contributed by atoms with van der Waals surface area (Å²) < 4.78 is 11.1. The second-order valence-corrected chi connectivity index (χ2v) is 14.2. The number of aromatic nitrogens is 4. The molecule has 0 aliphatic carbocycles. The van der Waals surface area contributed by atoms with E-state index >= 15 is 0 Å². The fraction of sp³-hybridized carbons (Fsp3) is 0.256. The van der Waals surface area contributed by atoms with E-state index < -0.39 is 0 Å². The molecule has 3 aromatic heterocycles. The molecule has 7 rings (SSSR count). The van der Waals surface area contributed by atoms with E-state index in [0.29, 0.717) is 0 Å². The molecule has 3 heterocycles. The highest BCUT2D eigenvalue weighted by molar-refractivity contribution is 6.09. The Hall–Kier alpha value is -5.16. The van der Waals surface area contributed by atoms with Gasteiger partial charge in [-0.05, 0) is 117 Å². The molecule has 5 heteroatoms. The molecular weight excluding hydrogens is 589 g/mol. The van der Waals surface area contributed by atoms with Crippen LogP contribution in [-0.4, -0.2) is 19.3 Å². The largest absolute Gasteiger partial charge is 0.457 e. The molecule has 242 valence electrons. The average molecular weight is 633 g/mol. The standard InChI is InChI=1S/C43H44N4O/c1-10-31-17-18-44-40(21-31)46-38-14-12-11-13-36(38)37-16-15-34(25-39(37)46)48-35-23-32(43(7,8)9)22-33(24-35)47-30(6)42(29(5)45-47)41-27(3)19-26(2)20-28(41)4/h11-25H,10H2,1-9H3. The molecule has 4 aromatic carbocycles. The molecule has 48 heavy (non-hydrogen) atoms. The van der Waals surface area contributed by atoms with Crippen LogP contribution in [0, 0.1) is 34.6 Å². The molecule has 0 fully saturated rings. The fourth-order valence-electron chi connectivity index (χ4n) is 7.23. The maximum absolute atomic E-state index is 6.75. The van der Waals surface area contributed by atoms with E-state index in [1.165, 1.54) is 49.7 Å². The molecule has 5 nitrogen and oxygen atoms in total. The van der Waals surface area contributed by atoms with E-state index in [9.17, 15) is 0 Å². The SMILES string of the molecule is CCc1ccnc(-n2c3ccccc3c3ccc(Oc4cc(-n5nc(C)c(-c6c(C)cc(C)cc6C)c5C)cc(C(C)(C)C)c4)cc32)c1. The Kier molecular flexibility index (Phi) is 7.74. The van der Waals surface area contributed by atoms with Gasteiger partial charge in [0.25, 0.3) is 0 Å². The van der Waals surface area contributed by atoms with Gasteiger partial charge in [0, 0.05) is 40.4 Å². The van der Waals surface area contributed by atoms with Gasteiger partial charge in [-0.15, -0.1) is 0 Å². The Morgan fingerprint density at radius 3 is 2.17 bits per heavy atom. The molecule has 0 atom stereocenters. The Morgan fingerprint density at radius 1 is 0.708 bits per heavy atom. The van der Waals surface area contributed by atoms with Crippen molar-refractivity contribution >= 4 is 21.8 Å². The summed E-state index contributed by atoms with van der Waals surface area (Å²) in [4.78, 5) is 4.79. The molecule has 0 saturated heterocycles. The second-order valence-electron chi connectivity index (χ2n) is 14.2. The minimum absolute atomic E-state index is 0.0937. The van der Waals surface area contributed by atoms with Crippen molar-refractivity contribution in [2.45, 2.75) is 74.1 Å². The van der Waals surface area contributed by atoms with Gasteiger partial charge < -0.3 is 4.74 Å². The van der Waals surface area contributed by atoms with Crippen LogP contribution in [0.15, 0.2) is 91.1 Å². The zero-order valence-corrected chi connectivity index (χ0v) is 29.6. The molecule has 0 aliphatic rings. The predicted molar refractivity (Wildman–Crippen MR) is 199 cm³/mol. The lowest BCUT2D eigenvalue weighted by atomic mass is 9.86. The van der Waals surface area contributed by atoms with E-state index in [-0.39, 0.29) is 5.41 Å². The first-order chi connectivity index (χ1) is 22.9. The minimum atomic E-state index is -0.0937. The van der Waals surface area contributed by atoms with Crippen molar-refractivity contribution in [2.75, 3.05) is 0 Å². The normalized spacial score (nSPS) is 11.9. The number of aryl methyl sites for hydroxylation is 5. The van der Waals surface area contributed by atoms with Crippen LogP contribution in [-0.2, 0) is 11.8 Å². The number of nitrogens with zero attached hydrogens (tertiary/aromatic N) is 4. The Labute approximate surface area is 283 Å². The van der Waals surface area contributed by atoms with Crippen molar-refractivity contribution in [1.82, 2.24) is 19.3 Å². The lowest BCUT2D eigenvalue weighted by molar-refractivity contribution is 0.478. The third-order valence-corrected chi connectivity index (χ3v) is 9.55. The smallest absolute Gasteiger partial charge is 0.137 e. The third kappa shape index (κ3) is 5.47. The van der Waals surface area contributed by atoms with Crippen LogP contribution < -0.4 is 4.74 Å². The van der Waals surface area contributed by atoms with Crippen LogP contribution in [0.1, 0.15) is 66.9 Å². The number of benzene rings is 4. The Balaban J connectivity index is 1.36. The van der Waals surface area contributed by atoms with Crippen LogP contribution in [0.5, 0.6) is 11.5 Å². The van der Waals surface area contributed by atoms with Gasteiger partial charge in [0.15, 0.2) is 0 Å². The fourth-order valence-corrected chi connectivity index (χ4v) is 7.23. The van der Waals surface area contributed by atoms with Crippen LogP contribution in [0.4, 0.5) is 0 Å². The first-order valence-electron chi connectivity index (χ1n) is 16.9. The van der Waals surface area contributed by atoms with Crippen LogP contribution in [0.25, 0.3) is 44.4 Å². The van der Waals surface area contributed by atoms with Crippen LogP contribution in [0.2, 0.25) is 0 Å². The lowest BCUT2D eigenvalue weighted by Gasteiger charge is -2.22. The highest BCUT2D eigenvalue weighted by Crippen LogP contribution is 2.39. The second kappa shape index (κ2) is 11.8. The van der Waals surface area contributed by atoms with Gasteiger partial charge in [0.2, 0.25) is 0 Å². The monoisotopic (exact) mass is 632 g/mol. The lowest BCUT2D eigenvalue weighted by Crippen LogP contribution is -2.12. The van der Waals surface area contributed by atoms with Crippen molar-refractivity contribution < 1.29 is 4.74 Å². The molecule has 0 bridgehead atoms. The summed E-state index contributed by atoms with van der Waals surface area (Å²) in [6.07, 6.45) is 2.86. The maximum Gasteiger partial charge on any atom is 0.137 e. The minimum Gasteiger partial charge on any atom is -0.457 e. The molecule has 0 N–H and O–H groups in total. The number of hydrogen-bond donors (Lipinski definition) is 0. The highest BCUT2D eigenvalue weighted by atomic mass is 16.5. The molecule has 0 unspecified atom stereocenters. The summed E-state index contributed by atoms with van der Waals surface area (Å²) in [7, 11) is 0. The van der Waals surface area contributed by atoms with Crippen LogP contribution in [0.3, 0.4) is 0 Å². The van der Waals surface area contributed by atoms with E-state index in [2.05, 4.69) is 156 Å². The zero-order chi connectivity index (χ0) is 33.9. The van der Waals surface area contributed by atoms with Crippen LogP contribution >= 0.6 is 0 Å². The van der Waals surface area contributed by atoms with Gasteiger partial charge in [-0.2, -0.15) is 5.10 Å². The van der Waals surface area contributed by atoms with Gasteiger partial charge >= 0.3 is 0 Å². The molecule has 0 radical (unpaired) electrons. The number of para-hydroxylation sites is 1. The van der Waals surface area contributed by atoms with E-state index in [1.807, 2.05) is 6.20 Å². The summed E-state index contributed by atoms with van der Waals surface area (Å²) in [5.41, 5.74) is 14.0. The predicted octanol–water partition coefficient (Wildman–Crippen LogP) is 11.2. The van der Waals surface area contributed by atoms with E-state index in [1.54, 1.807) is 0 Å². The van der Waals surface area contributed by atoms with Crippen molar-refractivity contribution in [3.63, 3.8) is 0 Å². The Bertz CT molecular complexity index is 2320. The van der Waals surface area contributed by atoms with Crippen molar-refractivity contribution in [2.24, 2.45) is 0 Å². The van der Waals surface area contributed by atoms with E-state index in [0.717, 1.165) is 51.8 Å². The first kappa shape index (κ1) is 31.4. The van der Waals surface area contributed by atoms with Gasteiger partial charge in [-0.1, -0.05) is 63.6 Å². The number of pyridine rings is 1. The number of ether oxygens (including phenoxy) is 1. The number of rotatable bonds is 6. The summed E-state index contributed by atoms with van der Waals surface area (Å²) in [5, 5.41) is 7.47. The third-order valence-electron chi connectivity index (χ3n) is 9.55. The quantitative estimate of drug-likeness (QED) is 0.183. The van der Waals surface area contributed by atoms with Crippen molar-refractivity contribution in [3.05, 3.63) is 130 Å².